The van der Waals surface area contributed by atoms with Crippen molar-refractivity contribution in [2.75, 3.05) is 9.80 Å². The molecule has 51 heavy (non-hydrogen) atoms. The highest BCUT2D eigenvalue weighted by molar-refractivity contribution is 6.10. The Labute approximate surface area is 304 Å². The minimum absolute atomic E-state index is 1.11. The van der Waals surface area contributed by atoms with Crippen molar-refractivity contribution in [2.24, 2.45) is 0 Å². The van der Waals surface area contributed by atoms with Crippen LogP contribution in [0.5, 0.6) is 0 Å². The Bertz CT molecular complexity index is 1990. The van der Waals surface area contributed by atoms with Crippen molar-refractivity contribution in [3.8, 4) is 0 Å². The zero-order chi connectivity index (χ0) is 34.8. The molecule has 0 amide bonds. The highest BCUT2D eigenvalue weighted by Crippen LogP contribution is 2.41. The number of hydrogen-bond acceptors (Lipinski definition) is 2. The Morgan fingerprint density at radius 2 is 0.784 bits per heavy atom. The average molecular weight is 670 g/mol. The zero-order valence-electron chi connectivity index (χ0n) is 30.3. The molecule has 0 aliphatic carbocycles. The van der Waals surface area contributed by atoms with Crippen LogP contribution in [-0.2, 0) is 12.8 Å². The molecule has 0 saturated carbocycles. The van der Waals surface area contributed by atoms with Gasteiger partial charge in [-0.15, -0.1) is 0 Å². The van der Waals surface area contributed by atoms with Crippen molar-refractivity contribution in [1.29, 1.82) is 0 Å². The van der Waals surface area contributed by atoms with Gasteiger partial charge in [-0.25, -0.2) is 0 Å². The fourth-order valence-electron chi connectivity index (χ4n) is 7.41. The number of nitrogens with one attached hydrogen (secondary N) is 1. The molecular formula is C48H51N3. The fraction of sp³-hybridized carbons (Fsp3) is 0.250. The summed E-state index contributed by atoms with van der Waals surface area (Å²) < 4.78 is 0. The smallest absolute Gasteiger partial charge is 0.0469 e. The fourth-order valence-corrected chi connectivity index (χ4v) is 7.41. The molecule has 0 unspecified atom stereocenters. The maximum absolute atomic E-state index is 3.72. The lowest BCUT2D eigenvalue weighted by atomic mass is 10.0. The van der Waals surface area contributed by atoms with E-state index in [1.165, 1.54) is 84.6 Å². The minimum atomic E-state index is 1.11. The van der Waals surface area contributed by atoms with E-state index in [-0.39, 0.29) is 0 Å². The summed E-state index contributed by atoms with van der Waals surface area (Å²) in [7, 11) is 0. The summed E-state index contributed by atoms with van der Waals surface area (Å²) in [4.78, 5) is 8.52. The largest absolute Gasteiger partial charge is 0.355 e. The molecule has 7 aromatic rings. The normalized spacial score (nSPS) is 11.3. The van der Waals surface area contributed by atoms with Gasteiger partial charge in [0.25, 0.3) is 0 Å². The van der Waals surface area contributed by atoms with E-state index in [1.807, 2.05) is 0 Å². The Morgan fingerprint density at radius 3 is 1.22 bits per heavy atom. The van der Waals surface area contributed by atoms with E-state index in [9.17, 15) is 0 Å². The van der Waals surface area contributed by atoms with Crippen LogP contribution in [0.3, 0.4) is 0 Å². The molecule has 3 heteroatoms. The number of unbranched alkanes of at least 4 members (excludes halogenated alkanes) is 6. The quantitative estimate of drug-likeness (QED) is 0.103. The van der Waals surface area contributed by atoms with Gasteiger partial charge in [-0.1, -0.05) is 113 Å². The number of anilines is 6. The van der Waals surface area contributed by atoms with E-state index in [1.54, 1.807) is 0 Å². The third-order valence-corrected chi connectivity index (χ3v) is 10.1. The number of aromatic amines is 1. The first kappa shape index (κ1) is 34.2. The molecule has 0 radical (unpaired) electrons. The third-order valence-electron chi connectivity index (χ3n) is 10.1. The highest BCUT2D eigenvalue weighted by Gasteiger charge is 2.18. The second-order valence-corrected chi connectivity index (χ2v) is 13.9. The molecule has 3 nitrogen and oxygen atoms in total. The summed E-state index contributed by atoms with van der Waals surface area (Å²) in [6.07, 6.45) is 12.4. The molecule has 0 fully saturated rings. The number of H-pyrrole nitrogens is 1. The van der Waals surface area contributed by atoms with Gasteiger partial charge >= 0.3 is 0 Å². The molecule has 1 N–H and O–H groups in total. The maximum Gasteiger partial charge on any atom is 0.0469 e. The van der Waals surface area contributed by atoms with Crippen LogP contribution >= 0.6 is 0 Å². The first-order chi connectivity index (χ1) is 25.2. The molecule has 1 heterocycles. The molecule has 0 saturated heterocycles. The Hall–Kier alpha value is -5.28. The Morgan fingerprint density at radius 1 is 0.373 bits per heavy atom. The van der Waals surface area contributed by atoms with Crippen LogP contribution in [0, 0.1) is 0 Å². The summed E-state index contributed by atoms with van der Waals surface area (Å²) in [6, 6.07) is 53.5. The van der Waals surface area contributed by atoms with Gasteiger partial charge in [0, 0.05) is 55.9 Å². The second-order valence-electron chi connectivity index (χ2n) is 13.9. The van der Waals surface area contributed by atoms with Crippen LogP contribution in [0.2, 0.25) is 0 Å². The van der Waals surface area contributed by atoms with Crippen molar-refractivity contribution in [3.63, 3.8) is 0 Å². The first-order valence-corrected chi connectivity index (χ1v) is 19.2. The van der Waals surface area contributed by atoms with Crippen molar-refractivity contribution in [1.82, 2.24) is 4.98 Å². The van der Waals surface area contributed by atoms with Gasteiger partial charge < -0.3 is 14.8 Å². The number of aryl methyl sites for hydroxylation is 2. The van der Waals surface area contributed by atoms with Crippen LogP contribution in [0.4, 0.5) is 34.1 Å². The molecule has 258 valence electrons. The minimum Gasteiger partial charge on any atom is -0.355 e. The number of fused-ring (bicyclic) bond motifs is 3. The zero-order valence-corrected chi connectivity index (χ0v) is 30.3. The van der Waals surface area contributed by atoms with Crippen molar-refractivity contribution < 1.29 is 0 Å². The first-order valence-electron chi connectivity index (χ1n) is 19.2. The van der Waals surface area contributed by atoms with Gasteiger partial charge in [-0.05, 0) is 122 Å². The van der Waals surface area contributed by atoms with Crippen LogP contribution in [0.15, 0.2) is 146 Å². The predicted octanol–water partition coefficient (Wildman–Crippen LogP) is 14.5. The molecule has 0 aliphatic heterocycles. The second kappa shape index (κ2) is 16.6. The van der Waals surface area contributed by atoms with Crippen molar-refractivity contribution in [2.45, 2.75) is 78.1 Å². The monoisotopic (exact) mass is 669 g/mol. The van der Waals surface area contributed by atoms with E-state index in [2.05, 4.69) is 174 Å². The Balaban J connectivity index is 1.29. The summed E-state index contributed by atoms with van der Waals surface area (Å²) in [6.45, 7) is 4.55. The summed E-state index contributed by atoms with van der Waals surface area (Å²) in [5, 5.41) is 2.44. The summed E-state index contributed by atoms with van der Waals surface area (Å²) in [5.41, 5.74) is 12.1. The van der Waals surface area contributed by atoms with Crippen LogP contribution in [0.25, 0.3) is 21.8 Å². The van der Waals surface area contributed by atoms with Gasteiger partial charge in [0.15, 0.2) is 0 Å². The van der Waals surface area contributed by atoms with E-state index >= 15 is 0 Å². The topological polar surface area (TPSA) is 22.3 Å². The Kier molecular flexibility index (Phi) is 11.1. The molecule has 0 atom stereocenters. The maximum atomic E-state index is 3.72. The molecular weight excluding hydrogens is 619 g/mol. The van der Waals surface area contributed by atoms with Crippen LogP contribution in [0.1, 0.15) is 76.3 Å². The van der Waals surface area contributed by atoms with Gasteiger partial charge in [0.1, 0.15) is 0 Å². The number of rotatable bonds is 16. The van der Waals surface area contributed by atoms with Gasteiger partial charge in [-0.2, -0.15) is 0 Å². The number of hydrogen-bond donors (Lipinski definition) is 1. The van der Waals surface area contributed by atoms with E-state index in [4.69, 9.17) is 0 Å². The van der Waals surface area contributed by atoms with Crippen molar-refractivity contribution in [3.05, 3.63) is 157 Å². The molecule has 0 spiro atoms. The summed E-state index contributed by atoms with van der Waals surface area (Å²) in [5.74, 6) is 0. The van der Waals surface area contributed by atoms with E-state index in [0.29, 0.717) is 0 Å². The predicted molar refractivity (Wildman–Crippen MR) is 221 cm³/mol. The van der Waals surface area contributed by atoms with Crippen molar-refractivity contribution >= 4 is 55.9 Å². The van der Waals surface area contributed by atoms with Crippen LogP contribution in [-0.4, -0.2) is 4.98 Å². The van der Waals surface area contributed by atoms with E-state index in [0.717, 1.165) is 46.6 Å². The van der Waals surface area contributed by atoms with E-state index < -0.39 is 0 Å². The molecule has 0 aliphatic rings. The number of aromatic nitrogens is 1. The lowest BCUT2D eigenvalue weighted by Gasteiger charge is -2.26. The molecule has 7 rings (SSSR count). The number of para-hydroxylation sites is 2. The van der Waals surface area contributed by atoms with Crippen LogP contribution < -0.4 is 9.80 Å². The summed E-state index contributed by atoms with van der Waals surface area (Å²) >= 11 is 0. The average Bonchev–Trinajstić information content (AvgIpc) is 3.54. The molecule has 6 aromatic carbocycles. The SMILES string of the molecule is CCCCCCc1cccc(N(c2ccccc2)c2ccc3[nH]c4ccc(N(c5ccccc5)c5cccc(CCCCCC)c5)cc4c3c2)c1. The number of benzene rings is 6. The lowest BCUT2D eigenvalue weighted by molar-refractivity contribution is 0.667. The highest BCUT2D eigenvalue weighted by atomic mass is 15.1. The van der Waals surface area contributed by atoms with Gasteiger partial charge in [0.05, 0.1) is 0 Å². The van der Waals surface area contributed by atoms with Gasteiger partial charge in [0.2, 0.25) is 0 Å². The molecule has 0 bridgehead atoms. The lowest BCUT2D eigenvalue weighted by Crippen LogP contribution is -2.10. The third kappa shape index (κ3) is 8.05. The standard InChI is InChI=1S/C48H51N3/c1-3-5-7-11-19-37-21-17-27-41(33-37)50(39-23-13-9-14-24-39)43-29-31-47-45(35-43)46-36-44(30-32-48(46)49-47)51(40-25-15-10-16-26-40)42-28-18-22-38(34-42)20-12-8-6-4-2/h9-10,13-18,21-36,49H,3-8,11-12,19-20H2,1-2H3. The number of nitrogens with zero attached hydrogens (tertiary/aromatic N) is 2. The van der Waals surface area contributed by atoms with Gasteiger partial charge in [-0.3, -0.25) is 0 Å². The molecule has 1 aromatic heterocycles.